The molecule has 3 aromatic rings. The molecule has 0 saturated carbocycles. The molecule has 146 valence electrons. The maximum atomic E-state index is 12.6. The number of carbonyl (C=O) groups excluding carboxylic acids is 1. The van der Waals surface area contributed by atoms with Crippen LogP contribution in [0, 0.1) is 13.8 Å². The van der Waals surface area contributed by atoms with Gasteiger partial charge in [-0.25, -0.2) is 13.1 Å². The molecule has 0 bridgehead atoms. The SMILES string of the molecule is CCS(=O)(=O)Nc1ccc(NC(=O)c2nnn(-c3cccc(C)c3)c2C)cc1. The van der Waals surface area contributed by atoms with Crippen LogP contribution in [-0.2, 0) is 10.0 Å². The van der Waals surface area contributed by atoms with Gasteiger partial charge in [0.2, 0.25) is 10.0 Å². The van der Waals surface area contributed by atoms with Crippen LogP contribution in [-0.4, -0.2) is 35.1 Å². The Hall–Kier alpha value is -3.20. The van der Waals surface area contributed by atoms with E-state index in [-0.39, 0.29) is 11.4 Å². The lowest BCUT2D eigenvalue weighted by Crippen LogP contribution is -2.15. The van der Waals surface area contributed by atoms with Crippen LogP contribution in [0.15, 0.2) is 48.5 Å². The lowest BCUT2D eigenvalue weighted by Gasteiger charge is -2.08. The van der Waals surface area contributed by atoms with E-state index in [9.17, 15) is 13.2 Å². The first-order valence-corrected chi connectivity index (χ1v) is 10.4. The van der Waals surface area contributed by atoms with Crippen molar-refractivity contribution in [1.82, 2.24) is 15.0 Å². The Bertz CT molecular complexity index is 1100. The number of hydrogen-bond donors (Lipinski definition) is 2. The Labute approximate surface area is 163 Å². The van der Waals surface area contributed by atoms with E-state index in [4.69, 9.17) is 0 Å². The molecule has 3 rings (SSSR count). The van der Waals surface area contributed by atoms with Gasteiger partial charge in [0, 0.05) is 11.4 Å². The summed E-state index contributed by atoms with van der Waals surface area (Å²) in [7, 11) is -3.34. The Morgan fingerprint density at radius 3 is 2.39 bits per heavy atom. The zero-order chi connectivity index (χ0) is 20.3. The van der Waals surface area contributed by atoms with Crippen molar-refractivity contribution < 1.29 is 13.2 Å². The standard InChI is InChI=1S/C19H21N5O3S/c1-4-28(26,27)22-16-10-8-15(9-11-16)20-19(25)18-14(3)24(23-21-18)17-7-5-6-13(2)12-17/h5-12,22H,4H2,1-3H3,(H,20,25). The van der Waals surface area contributed by atoms with Crippen molar-refractivity contribution in [2.75, 3.05) is 15.8 Å². The molecule has 2 aromatic carbocycles. The second-order valence-electron chi connectivity index (χ2n) is 6.31. The molecule has 0 aliphatic rings. The Balaban J connectivity index is 1.75. The summed E-state index contributed by atoms with van der Waals surface area (Å²) in [5, 5.41) is 10.8. The number of nitrogens with one attached hydrogen (secondary N) is 2. The van der Waals surface area contributed by atoms with Gasteiger partial charge in [-0.2, -0.15) is 0 Å². The fraction of sp³-hybridized carbons (Fsp3) is 0.211. The van der Waals surface area contributed by atoms with Crippen molar-refractivity contribution >= 4 is 27.3 Å². The lowest BCUT2D eigenvalue weighted by atomic mass is 10.2. The number of aromatic nitrogens is 3. The van der Waals surface area contributed by atoms with Gasteiger partial charge in [-0.1, -0.05) is 17.3 Å². The van der Waals surface area contributed by atoms with Crippen LogP contribution < -0.4 is 10.0 Å². The van der Waals surface area contributed by atoms with Crippen molar-refractivity contribution in [2.24, 2.45) is 0 Å². The molecule has 0 aliphatic carbocycles. The number of anilines is 2. The Morgan fingerprint density at radius 2 is 1.75 bits per heavy atom. The van der Waals surface area contributed by atoms with Crippen LogP contribution in [0.3, 0.4) is 0 Å². The zero-order valence-electron chi connectivity index (χ0n) is 15.8. The van der Waals surface area contributed by atoms with E-state index >= 15 is 0 Å². The normalized spacial score (nSPS) is 11.2. The first kappa shape index (κ1) is 19.6. The molecule has 0 saturated heterocycles. The third-order valence-corrected chi connectivity index (χ3v) is 5.46. The van der Waals surface area contributed by atoms with E-state index in [1.165, 1.54) is 0 Å². The van der Waals surface area contributed by atoms with E-state index in [2.05, 4.69) is 20.4 Å². The van der Waals surface area contributed by atoms with Gasteiger partial charge in [0.1, 0.15) is 0 Å². The molecule has 0 radical (unpaired) electrons. The average Bonchev–Trinajstić information content (AvgIpc) is 3.05. The summed E-state index contributed by atoms with van der Waals surface area (Å²) in [6.45, 7) is 5.32. The lowest BCUT2D eigenvalue weighted by molar-refractivity contribution is 0.102. The van der Waals surface area contributed by atoms with Crippen molar-refractivity contribution in [3.05, 3.63) is 65.5 Å². The van der Waals surface area contributed by atoms with E-state index in [0.717, 1.165) is 11.3 Å². The molecule has 0 unspecified atom stereocenters. The molecule has 0 spiro atoms. The van der Waals surface area contributed by atoms with Gasteiger partial charge in [0.05, 0.1) is 17.1 Å². The molecule has 0 fully saturated rings. The maximum Gasteiger partial charge on any atom is 0.278 e. The number of hydrogen-bond acceptors (Lipinski definition) is 5. The summed E-state index contributed by atoms with van der Waals surface area (Å²) in [4.78, 5) is 12.6. The number of amides is 1. The highest BCUT2D eigenvalue weighted by Gasteiger charge is 2.17. The van der Waals surface area contributed by atoms with Gasteiger partial charge >= 0.3 is 0 Å². The molecular formula is C19H21N5O3S. The topological polar surface area (TPSA) is 106 Å². The second-order valence-corrected chi connectivity index (χ2v) is 8.32. The molecular weight excluding hydrogens is 378 g/mol. The fourth-order valence-electron chi connectivity index (χ4n) is 2.61. The van der Waals surface area contributed by atoms with Gasteiger partial charge in [0.15, 0.2) is 5.69 Å². The number of carbonyl (C=O) groups is 1. The summed E-state index contributed by atoms with van der Waals surface area (Å²) in [5.74, 6) is -0.403. The molecule has 0 aliphatic heterocycles. The zero-order valence-corrected chi connectivity index (χ0v) is 16.6. The molecule has 8 nitrogen and oxygen atoms in total. The number of nitrogens with zero attached hydrogens (tertiary/aromatic N) is 3. The van der Waals surface area contributed by atoms with Crippen molar-refractivity contribution in [3.8, 4) is 5.69 Å². The van der Waals surface area contributed by atoms with Crippen LogP contribution >= 0.6 is 0 Å². The molecule has 9 heteroatoms. The molecule has 1 amide bonds. The van der Waals surface area contributed by atoms with E-state index in [1.54, 1.807) is 42.8 Å². The first-order valence-electron chi connectivity index (χ1n) is 8.70. The van der Waals surface area contributed by atoms with Crippen LogP contribution in [0.2, 0.25) is 0 Å². The van der Waals surface area contributed by atoms with Gasteiger partial charge in [-0.05, 0) is 62.7 Å². The number of sulfonamides is 1. The summed E-state index contributed by atoms with van der Waals surface area (Å²) < 4.78 is 27.3. The Morgan fingerprint density at radius 1 is 1.07 bits per heavy atom. The number of rotatable bonds is 6. The quantitative estimate of drug-likeness (QED) is 0.663. The molecule has 2 N–H and O–H groups in total. The highest BCUT2D eigenvalue weighted by Crippen LogP contribution is 2.18. The third kappa shape index (κ3) is 4.37. The smallest absolute Gasteiger partial charge is 0.278 e. The monoisotopic (exact) mass is 399 g/mol. The van der Waals surface area contributed by atoms with Crippen molar-refractivity contribution in [3.63, 3.8) is 0 Å². The minimum absolute atomic E-state index is 0.0125. The highest BCUT2D eigenvalue weighted by molar-refractivity contribution is 7.92. The molecule has 28 heavy (non-hydrogen) atoms. The van der Waals surface area contributed by atoms with Crippen LogP contribution in [0.4, 0.5) is 11.4 Å². The van der Waals surface area contributed by atoms with Crippen molar-refractivity contribution in [2.45, 2.75) is 20.8 Å². The van der Waals surface area contributed by atoms with E-state index in [0.29, 0.717) is 17.1 Å². The van der Waals surface area contributed by atoms with Crippen LogP contribution in [0.25, 0.3) is 5.69 Å². The number of aryl methyl sites for hydroxylation is 1. The predicted molar refractivity (Wildman–Crippen MR) is 108 cm³/mol. The third-order valence-electron chi connectivity index (χ3n) is 4.15. The van der Waals surface area contributed by atoms with Gasteiger partial charge in [0.25, 0.3) is 5.91 Å². The average molecular weight is 399 g/mol. The number of benzene rings is 2. The van der Waals surface area contributed by atoms with Crippen LogP contribution in [0.5, 0.6) is 0 Å². The summed E-state index contributed by atoms with van der Waals surface area (Å²) >= 11 is 0. The van der Waals surface area contributed by atoms with E-state index < -0.39 is 15.9 Å². The van der Waals surface area contributed by atoms with Gasteiger partial charge in [-0.3, -0.25) is 9.52 Å². The summed E-state index contributed by atoms with van der Waals surface area (Å²) in [6, 6.07) is 14.1. The second kappa shape index (κ2) is 7.81. The fourth-order valence-corrected chi connectivity index (χ4v) is 3.25. The van der Waals surface area contributed by atoms with Crippen molar-refractivity contribution in [1.29, 1.82) is 0 Å². The van der Waals surface area contributed by atoms with Gasteiger partial charge in [-0.15, -0.1) is 5.10 Å². The highest BCUT2D eigenvalue weighted by atomic mass is 32.2. The molecule has 0 atom stereocenters. The first-order chi connectivity index (χ1) is 13.3. The minimum Gasteiger partial charge on any atom is -0.321 e. The van der Waals surface area contributed by atoms with Crippen LogP contribution in [0.1, 0.15) is 28.7 Å². The summed E-state index contributed by atoms with van der Waals surface area (Å²) in [6.07, 6.45) is 0. The molecule has 1 heterocycles. The maximum absolute atomic E-state index is 12.6. The largest absolute Gasteiger partial charge is 0.321 e. The van der Waals surface area contributed by atoms with Gasteiger partial charge < -0.3 is 5.32 Å². The summed E-state index contributed by atoms with van der Waals surface area (Å²) in [5.41, 5.74) is 3.71. The van der Waals surface area contributed by atoms with E-state index in [1.807, 2.05) is 31.2 Å². The Kier molecular flexibility index (Phi) is 5.46. The minimum atomic E-state index is -3.34. The predicted octanol–water partition coefficient (Wildman–Crippen LogP) is 2.90. The molecule has 1 aromatic heterocycles.